The summed E-state index contributed by atoms with van der Waals surface area (Å²) in [5.74, 6) is 0. The van der Waals surface area contributed by atoms with Crippen molar-refractivity contribution in [2.75, 3.05) is 21.4 Å². The summed E-state index contributed by atoms with van der Waals surface area (Å²) >= 11 is 0. The number of para-hydroxylation sites is 10. The van der Waals surface area contributed by atoms with E-state index in [1.54, 1.807) is 0 Å². The Kier molecular flexibility index (Phi) is 23.6. The standard InChI is InChI=1S/C49H32N2.C45H34N2.C42H29N3.CH4FP.Bi.2H/c1-3-15-33(16-4-1)50(35-28-30-48-42(31-35)41-22-10-14-26-47(41)51(48)34-17-5-2-6-18-34)36-27-29-40-39-21-9-13-25-45(39)49(46(40)32-36)43-23-11-7-19-37(43)38-20-8-12-24-44(38)49;1-45(2)41-19-11-9-17-37(41)38-27-25-36(30-42(38)45)46(34-23-21-32(22-24-34)31-13-5-3-6-14-31)35-26-28-44-40(29-35)39-18-10-12-20-43(39)47(44)33-15-7-4-8-16-33;1-4-14-30(15-5-1)43(33-24-26-41-37(28-33)35-20-10-12-22-39(35)44(41)31-16-6-2-7-17-31)34-25-27-42-38(29-34)36-21-11-13-23-40(36)45(42)32-18-8-3-9-19-32;1-3-2;;;/h1-32H;3-30H,1-2H3;1-29H;3H,1H3;;;. The van der Waals surface area contributed by atoms with Gasteiger partial charge in [0, 0.05) is 122 Å². The van der Waals surface area contributed by atoms with Crippen LogP contribution in [0.4, 0.5) is 55.4 Å². The van der Waals surface area contributed by atoms with E-state index in [4.69, 9.17) is 0 Å². The number of aromatic nitrogens is 4. The maximum absolute atomic E-state index is 10.3. The van der Waals surface area contributed by atoms with Crippen LogP contribution in [0.1, 0.15) is 47.2 Å². The Balaban J connectivity index is 0.000000113. The molecular weight excluding hydrogens is 2000 g/mol. The van der Waals surface area contributed by atoms with Gasteiger partial charge in [-0.15, -0.1) is 0 Å². The third-order valence-electron chi connectivity index (χ3n) is 30.0. The van der Waals surface area contributed by atoms with Crippen LogP contribution < -0.4 is 14.7 Å². The summed E-state index contributed by atoms with van der Waals surface area (Å²) < 4.78 is 19.8. The Morgan fingerprint density at radius 3 is 0.721 bits per heavy atom. The van der Waals surface area contributed by atoms with Crippen LogP contribution in [0.15, 0.2) is 540 Å². The molecule has 4 heterocycles. The second-order valence-electron chi connectivity index (χ2n) is 38.4. The number of benzene rings is 22. The zero-order valence-electron chi connectivity index (χ0n) is 81.5. The summed E-state index contributed by atoms with van der Waals surface area (Å²) in [4.78, 5) is 7.22. The van der Waals surface area contributed by atoms with Gasteiger partial charge in [-0.25, -0.2) is 4.20 Å². The number of fused-ring (bicyclic) bond motifs is 25. The van der Waals surface area contributed by atoms with Crippen molar-refractivity contribution in [3.8, 4) is 67.3 Å². The van der Waals surface area contributed by atoms with Crippen LogP contribution in [0, 0.1) is 0 Å². The monoisotopic (exact) mass is 2100 g/mol. The summed E-state index contributed by atoms with van der Waals surface area (Å²) in [7, 11) is -0.417. The van der Waals surface area contributed by atoms with Crippen LogP contribution in [0.2, 0.25) is 0 Å². The molecule has 1 radical (unpaired) electrons. The van der Waals surface area contributed by atoms with Crippen molar-refractivity contribution in [1.82, 2.24) is 18.3 Å². The van der Waals surface area contributed by atoms with E-state index < -0.39 is 14.3 Å². The van der Waals surface area contributed by atoms with Crippen molar-refractivity contribution < 1.29 is 4.20 Å². The molecule has 1 unspecified atom stereocenters. The fraction of sp³-hybridized carbons (Fsp3) is 0.0365. The Labute approximate surface area is 875 Å². The Morgan fingerprint density at radius 1 is 0.184 bits per heavy atom. The van der Waals surface area contributed by atoms with Gasteiger partial charge in [0.05, 0.1) is 58.4 Å². The topological polar surface area (TPSA) is 29.4 Å². The maximum Gasteiger partial charge on any atom is 0.0726 e. The minimum Gasteiger partial charge on any atom is -0.310 e. The molecule has 0 aliphatic heterocycles. The molecule has 7 nitrogen and oxygen atoms in total. The molecule has 0 fully saturated rings. The van der Waals surface area contributed by atoms with Gasteiger partial charge in [-0.05, 0) is 291 Å². The first-order chi connectivity index (χ1) is 72.2. The molecule has 0 saturated carbocycles. The summed E-state index contributed by atoms with van der Waals surface area (Å²) in [6.45, 7) is 6.19. The van der Waals surface area contributed by atoms with E-state index in [0.717, 1.165) is 68.2 Å². The van der Waals surface area contributed by atoms with Crippen LogP contribution in [0.3, 0.4) is 0 Å². The van der Waals surface area contributed by atoms with Gasteiger partial charge in [0.25, 0.3) is 0 Å². The van der Waals surface area contributed by atoms with Gasteiger partial charge >= 0.3 is 26.2 Å². The average Bonchev–Trinajstić information content (AvgIpc) is 1.50. The maximum atomic E-state index is 10.3. The molecule has 0 bridgehead atoms. The number of rotatable bonds is 14. The molecule has 22 aromatic carbocycles. The van der Waals surface area contributed by atoms with E-state index in [1.165, 1.54) is 177 Å². The third-order valence-corrected chi connectivity index (χ3v) is 30.0. The number of anilines is 9. The second-order valence-corrected chi connectivity index (χ2v) is 38.7. The van der Waals surface area contributed by atoms with Gasteiger partial charge in [0.15, 0.2) is 0 Å². The van der Waals surface area contributed by atoms with Crippen LogP contribution in [-0.4, -0.2) is 51.1 Å². The van der Waals surface area contributed by atoms with Crippen molar-refractivity contribution in [1.29, 1.82) is 0 Å². The van der Waals surface area contributed by atoms with Crippen molar-refractivity contribution in [2.24, 2.45) is 0 Å². The van der Waals surface area contributed by atoms with Gasteiger partial charge in [0.2, 0.25) is 0 Å². The fourth-order valence-corrected chi connectivity index (χ4v) is 23.8. The first kappa shape index (κ1) is 90.9. The summed E-state index contributed by atoms with van der Waals surface area (Å²) in [6, 6.07) is 196. The van der Waals surface area contributed by atoms with Crippen LogP contribution in [-0.2, 0) is 10.8 Å². The van der Waals surface area contributed by atoms with Crippen molar-refractivity contribution in [3.05, 3.63) is 573 Å². The minimum absolute atomic E-state index is 0. The van der Waals surface area contributed by atoms with Gasteiger partial charge in [-0.1, -0.05) is 347 Å². The van der Waals surface area contributed by atoms with Crippen molar-refractivity contribution >= 4 is 174 Å². The van der Waals surface area contributed by atoms with Crippen LogP contribution in [0.5, 0.6) is 0 Å². The van der Waals surface area contributed by atoms with E-state index in [1.807, 2.05) is 0 Å². The quantitative estimate of drug-likeness (QED) is 0.0803. The molecule has 10 heteroatoms. The molecule has 0 N–H and O–H groups in total. The van der Waals surface area contributed by atoms with E-state index in [-0.39, 0.29) is 31.6 Å². The summed E-state index contributed by atoms with van der Waals surface area (Å²) in [5.41, 5.74) is 42.5. The van der Waals surface area contributed by atoms with E-state index in [2.05, 4.69) is 587 Å². The zero-order chi connectivity index (χ0) is 97.5. The average molecular weight is 2100 g/mol. The Morgan fingerprint density at radius 2 is 0.395 bits per heavy atom. The van der Waals surface area contributed by atoms with Crippen LogP contribution in [0.25, 0.3) is 154 Å². The normalized spacial score (nSPS) is 12.5. The first-order valence-corrected chi connectivity index (χ1v) is 51.5. The minimum atomic E-state index is -0.417. The molecule has 29 rings (SSSR count). The molecule has 4 aromatic heterocycles. The molecule has 26 aromatic rings. The van der Waals surface area contributed by atoms with E-state index in [9.17, 15) is 4.20 Å². The Hall–Kier alpha value is -17.3. The summed E-state index contributed by atoms with van der Waals surface area (Å²) in [5, 5.41) is 9.91. The molecule has 3 aliphatic rings. The predicted molar refractivity (Wildman–Crippen MR) is 624 cm³/mol. The smallest absolute Gasteiger partial charge is 0.0726 e. The number of halogens is 1. The SMILES string of the molecule is CC1(C)c2ccccc2-c2ccc(N(c3ccc(-c4ccccc4)cc3)c3ccc4c(c3)c3ccccc3n4-c3ccccc3)cc21.CPF.[BiH2].c1ccc(N(c2ccc3c(c2)C2(c4ccccc4-c4ccccc42)c2ccccc2-3)c2ccc3c(c2)c2ccccc2n3-c2ccccc2)cc1.c1ccc(N(c2ccc3c(c2)c2ccccc2n3-c2ccccc2)c2ccc3c(c2)c2ccccc2n3-c2ccccc2)cc1. The second kappa shape index (κ2) is 38.1. The van der Waals surface area contributed by atoms with E-state index in [0.29, 0.717) is 0 Å². The molecule has 0 saturated heterocycles. The molecule has 3 aliphatic carbocycles. The van der Waals surface area contributed by atoms with Gasteiger partial charge in [-0.2, -0.15) is 0 Å². The number of hydrogen-bond donors (Lipinski definition) is 0. The van der Waals surface area contributed by atoms with Crippen molar-refractivity contribution in [3.63, 3.8) is 0 Å². The molecule has 1 atom stereocenters. The molecular formula is C137H101BiFN7P. The zero-order valence-corrected chi connectivity index (χ0v) is 87.0. The molecule has 701 valence electrons. The van der Waals surface area contributed by atoms with Gasteiger partial charge in [-0.3, -0.25) is 0 Å². The van der Waals surface area contributed by atoms with E-state index >= 15 is 0 Å². The largest absolute Gasteiger partial charge is 0.310 e. The summed E-state index contributed by atoms with van der Waals surface area (Å²) in [6.07, 6.45) is 0. The Bertz CT molecular complexity index is 9250. The van der Waals surface area contributed by atoms with Crippen LogP contribution >= 0.6 is 8.89 Å². The number of hydrogen-bond acceptors (Lipinski definition) is 3. The third kappa shape index (κ3) is 15.4. The van der Waals surface area contributed by atoms with Gasteiger partial charge in [0.1, 0.15) is 0 Å². The predicted octanol–water partition coefficient (Wildman–Crippen LogP) is 36.4. The van der Waals surface area contributed by atoms with Crippen molar-refractivity contribution in [2.45, 2.75) is 24.7 Å². The van der Waals surface area contributed by atoms with Gasteiger partial charge < -0.3 is 33.0 Å². The molecule has 147 heavy (non-hydrogen) atoms. The molecule has 0 amide bonds. The first-order valence-electron chi connectivity index (χ1n) is 50.1. The molecule has 1 spiro atoms. The fourth-order valence-electron chi connectivity index (χ4n) is 23.8. The number of nitrogens with zero attached hydrogens (tertiary/aromatic N) is 7.